The molecule has 0 fully saturated rings. The molecular formula is C11H17N3O8S3. The molecule has 1 aromatic rings. The van der Waals surface area contributed by atoms with Gasteiger partial charge in [0.2, 0.25) is 10.0 Å². The SMILES string of the molecule is CC(C)(C)OC(=O)NS(=O)(=O)c1c(CNS(C)(=O)=O)csc1[N+](=O)[O-]. The Morgan fingerprint density at radius 3 is 2.32 bits per heavy atom. The fourth-order valence-corrected chi connectivity index (χ4v) is 4.46. The van der Waals surface area contributed by atoms with E-state index < -0.39 is 53.1 Å². The maximum atomic E-state index is 12.4. The fraction of sp³-hybridized carbons (Fsp3) is 0.545. The van der Waals surface area contributed by atoms with Gasteiger partial charge in [-0.25, -0.2) is 31.1 Å². The van der Waals surface area contributed by atoms with Crippen LogP contribution in [0.5, 0.6) is 0 Å². The molecule has 1 aromatic heterocycles. The van der Waals surface area contributed by atoms with E-state index in [1.54, 1.807) is 4.72 Å². The van der Waals surface area contributed by atoms with E-state index in [9.17, 15) is 31.7 Å². The highest BCUT2D eigenvalue weighted by atomic mass is 32.2. The molecule has 1 amide bonds. The zero-order valence-corrected chi connectivity index (χ0v) is 16.2. The first-order valence-electron chi connectivity index (χ1n) is 6.57. The summed E-state index contributed by atoms with van der Waals surface area (Å²) in [5.41, 5.74) is -1.15. The second-order valence-corrected chi connectivity index (χ2v) is 10.2. The monoisotopic (exact) mass is 415 g/mol. The number of nitro groups is 1. The summed E-state index contributed by atoms with van der Waals surface area (Å²) in [6.45, 7) is 4.03. The lowest BCUT2D eigenvalue weighted by atomic mass is 10.2. The summed E-state index contributed by atoms with van der Waals surface area (Å²) in [5, 5.41) is 11.4. The lowest BCUT2D eigenvalue weighted by Gasteiger charge is -2.19. The molecule has 0 aliphatic heterocycles. The Balaban J connectivity index is 3.25. The highest BCUT2D eigenvalue weighted by Gasteiger charge is 2.34. The molecule has 0 spiro atoms. The van der Waals surface area contributed by atoms with Crippen LogP contribution in [0.25, 0.3) is 0 Å². The van der Waals surface area contributed by atoms with Crippen LogP contribution in [0.4, 0.5) is 9.80 Å². The van der Waals surface area contributed by atoms with Crippen LogP contribution in [0.1, 0.15) is 26.3 Å². The molecule has 0 aliphatic rings. The van der Waals surface area contributed by atoms with Gasteiger partial charge in [-0.15, -0.1) is 0 Å². The molecule has 0 aromatic carbocycles. The van der Waals surface area contributed by atoms with Crippen molar-refractivity contribution in [2.45, 2.75) is 37.8 Å². The predicted octanol–water partition coefficient (Wildman–Crippen LogP) is 0.919. The van der Waals surface area contributed by atoms with Crippen LogP contribution in [-0.4, -0.2) is 39.7 Å². The van der Waals surface area contributed by atoms with E-state index in [2.05, 4.69) is 0 Å². The smallest absolute Gasteiger partial charge is 0.421 e. The number of rotatable bonds is 6. The van der Waals surface area contributed by atoms with Gasteiger partial charge in [-0.1, -0.05) is 11.3 Å². The standard InChI is InChI=1S/C11H17N3O8S3/c1-11(2,3)22-10(15)13-25(20,21)8-7(5-12-24(4,18)19)6-23-9(8)14(16)17/h6,12H,5H2,1-4H3,(H,13,15). The average molecular weight is 415 g/mol. The first-order chi connectivity index (χ1) is 11.1. The van der Waals surface area contributed by atoms with Gasteiger partial charge in [0.05, 0.1) is 11.2 Å². The van der Waals surface area contributed by atoms with Crippen LogP contribution in [0.2, 0.25) is 0 Å². The molecule has 25 heavy (non-hydrogen) atoms. The summed E-state index contributed by atoms with van der Waals surface area (Å²) in [6, 6.07) is 0. The molecule has 0 bridgehead atoms. The van der Waals surface area contributed by atoms with Crippen molar-refractivity contribution in [1.29, 1.82) is 0 Å². The van der Waals surface area contributed by atoms with Gasteiger partial charge in [-0.3, -0.25) is 10.1 Å². The zero-order valence-electron chi connectivity index (χ0n) is 13.7. The van der Waals surface area contributed by atoms with E-state index in [0.717, 1.165) is 11.6 Å². The van der Waals surface area contributed by atoms with Gasteiger partial charge in [0.1, 0.15) is 5.60 Å². The number of thiophene rings is 1. The molecule has 11 nitrogen and oxygen atoms in total. The van der Waals surface area contributed by atoms with E-state index in [1.807, 2.05) is 4.72 Å². The minimum absolute atomic E-state index is 0.168. The first-order valence-corrected chi connectivity index (χ1v) is 10.8. The molecule has 0 saturated heterocycles. The lowest BCUT2D eigenvalue weighted by molar-refractivity contribution is -0.383. The highest BCUT2D eigenvalue weighted by Crippen LogP contribution is 2.34. The Morgan fingerprint density at radius 1 is 1.32 bits per heavy atom. The van der Waals surface area contributed by atoms with Crippen LogP contribution in [0.15, 0.2) is 10.3 Å². The lowest BCUT2D eigenvalue weighted by Crippen LogP contribution is -2.37. The van der Waals surface area contributed by atoms with Crippen molar-refractivity contribution in [1.82, 2.24) is 9.44 Å². The molecule has 0 radical (unpaired) electrons. The average Bonchev–Trinajstić information content (AvgIpc) is 2.76. The molecular weight excluding hydrogens is 398 g/mol. The second-order valence-electron chi connectivity index (χ2n) is 5.85. The summed E-state index contributed by atoms with van der Waals surface area (Å²) in [7, 11) is -8.32. The minimum Gasteiger partial charge on any atom is -0.443 e. The maximum absolute atomic E-state index is 12.4. The number of amides is 1. The van der Waals surface area contributed by atoms with Gasteiger partial charge in [0.15, 0.2) is 4.90 Å². The third-order valence-corrected chi connectivity index (χ3v) is 5.58. The maximum Gasteiger partial charge on any atom is 0.421 e. The number of ether oxygens (including phenoxy) is 1. The van der Waals surface area contributed by atoms with Gasteiger partial charge in [0, 0.05) is 17.5 Å². The fourth-order valence-electron chi connectivity index (χ4n) is 1.58. The Bertz CT molecular complexity index is 880. The normalized spacial score (nSPS) is 12.6. The molecule has 1 heterocycles. The summed E-state index contributed by atoms with van der Waals surface area (Å²) in [4.78, 5) is 21.0. The third kappa shape index (κ3) is 6.56. The van der Waals surface area contributed by atoms with Gasteiger partial charge in [0.25, 0.3) is 10.0 Å². The van der Waals surface area contributed by atoms with Crippen LogP contribution in [0, 0.1) is 10.1 Å². The van der Waals surface area contributed by atoms with E-state index >= 15 is 0 Å². The number of nitrogens with zero attached hydrogens (tertiary/aromatic N) is 1. The van der Waals surface area contributed by atoms with Crippen molar-refractivity contribution in [3.05, 3.63) is 21.1 Å². The molecule has 0 aliphatic carbocycles. The molecule has 14 heteroatoms. The van der Waals surface area contributed by atoms with Crippen molar-refractivity contribution in [3.8, 4) is 0 Å². The number of sulfonamides is 2. The highest BCUT2D eigenvalue weighted by molar-refractivity contribution is 7.90. The van der Waals surface area contributed by atoms with Crippen molar-refractivity contribution >= 4 is 42.5 Å². The summed E-state index contributed by atoms with van der Waals surface area (Å²) in [6.07, 6.45) is -0.462. The Kier molecular flexibility index (Phi) is 6.15. The number of nitrogens with one attached hydrogen (secondary N) is 2. The number of hydrogen-bond acceptors (Lipinski definition) is 9. The van der Waals surface area contributed by atoms with E-state index in [0.29, 0.717) is 11.3 Å². The molecule has 142 valence electrons. The van der Waals surface area contributed by atoms with Gasteiger partial charge < -0.3 is 4.74 Å². The molecule has 0 saturated carbocycles. The van der Waals surface area contributed by atoms with Crippen LogP contribution < -0.4 is 9.44 Å². The number of hydrogen-bond donors (Lipinski definition) is 2. The van der Waals surface area contributed by atoms with Crippen molar-refractivity contribution < 1.29 is 31.3 Å². The number of carbonyl (C=O) groups is 1. The van der Waals surface area contributed by atoms with Crippen molar-refractivity contribution in [3.63, 3.8) is 0 Å². The van der Waals surface area contributed by atoms with Gasteiger partial charge in [-0.2, -0.15) is 0 Å². The first kappa shape index (κ1) is 21.3. The molecule has 0 atom stereocenters. The van der Waals surface area contributed by atoms with Crippen LogP contribution >= 0.6 is 11.3 Å². The summed E-state index contributed by atoms with van der Waals surface area (Å²) < 4.78 is 55.5. The largest absolute Gasteiger partial charge is 0.443 e. The van der Waals surface area contributed by atoms with E-state index in [-0.39, 0.29) is 5.56 Å². The van der Waals surface area contributed by atoms with E-state index in [4.69, 9.17) is 4.74 Å². The molecule has 0 unspecified atom stereocenters. The predicted molar refractivity (Wildman–Crippen MR) is 89.2 cm³/mol. The summed E-state index contributed by atoms with van der Waals surface area (Å²) in [5.74, 6) is 0. The third-order valence-electron chi connectivity index (χ3n) is 2.37. The Morgan fingerprint density at radius 2 is 1.88 bits per heavy atom. The van der Waals surface area contributed by atoms with Crippen molar-refractivity contribution in [2.75, 3.05) is 6.26 Å². The van der Waals surface area contributed by atoms with Gasteiger partial charge in [-0.05, 0) is 20.8 Å². The molecule has 1 rings (SSSR count). The van der Waals surface area contributed by atoms with Gasteiger partial charge >= 0.3 is 11.1 Å². The van der Waals surface area contributed by atoms with Crippen molar-refractivity contribution in [2.24, 2.45) is 0 Å². The Labute approximate surface area is 148 Å². The second kappa shape index (κ2) is 7.23. The molecule has 2 N–H and O–H groups in total. The van der Waals surface area contributed by atoms with Crippen LogP contribution in [0.3, 0.4) is 0 Å². The number of carbonyl (C=O) groups excluding carboxylic acids is 1. The Hall–Kier alpha value is -1.77. The van der Waals surface area contributed by atoms with E-state index in [1.165, 1.54) is 20.8 Å². The quantitative estimate of drug-likeness (QED) is 0.512. The zero-order chi connectivity index (χ0) is 19.6. The topological polar surface area (TPSA) is 162 Å². The minimum atomic E-state index is -4.65. The summed E-state index contributed by atoms with van der Waals surface area (Å²) >= 11 is 0.497. The van der Waals surface area contributed by atoms with Crippen LogP contribution in [-0.2, 0) is 31.3 Å².